The number of carbonyl (C=O) groups is 2. The van der Waals surface area contributed by atoms with E-state index in [2.05, 4.69) is 10.3 Å². The summed E-state index contributed by atoms with van der Waals surface area (Å²) in [5, 5.41) is 2.93. The molecule has 8 heteroatoms. The summed E-state index contributed by atoms with van der Waals surface area (Å²) < 4.78 is 10.9. The molecule has 1 aliphatic heterocycles. The van der Waals surface area contributed by atoms with Gasteiger partial charge in [-0.1, -0.05) is 24.3 Å². The van der Waals surface area contributed by atoms with Gasteiger partial charge in [0, 0.05) is 44.6 Å². The highest BCUT2D eigenvalue weighted by atomic mass is 16.5. The molecule has 3 rings (SSSR count). The van der Waals surface area contributed by atoms with Gasteiger partial charge in [-0.2, -0.15) is 0 Å². The van der Waals surface area contributed by atoms with Crippen molar-refractivity contribution < 1.29 is 19.1 Å². The largest absolute Gasteiger partial charge is 0.496 e. The Labute approximate surface area is 170 Å². The smallest absolute Gasteiger partial charge is 0.318 e. The van der Waals surface area contributed by atoms with Crippen LogP contribution in [0.3, 0.4) is 0 Å². The van der Waals surface area contributed by atoms with Crippen LogP contribution in [0.1, 0.15) is 11.1 Å². The molecule has 1 saturated heterocycles. The van der Waals surface area contributed by atoms with Crippen LogP contribution in [-0.4, -0.2) is 66.7 Å². The van der Waals surface area contributed by atoms with E-state index in [-0.39, 0.29) is 24.6 Å². The van der Waals surface area contributed by atoms with E-state index < -0.39 is 0 Å². The number of aromatic nitrogens is 1. The number of likely N-dealkylation sites (N-methyl/N-ethyl adjacent to an activating group) is 1. The van der Waals surface area contributed by atoms with Crippen LogP contribution in [0, 0.1) is 0 Å². The maximum absolute atomic E-state index is 13.0. The van der Waals surface area contributed by atoms with Gasteiger partial charge < -0.3 is 24.6 Å². The van der Waals surface area contributed by atoms with Crippen LogP contribution in [0.2, 0.25) is 0 Å². The first-order chi connectivity index (χ1) is 14.1. The van der Waals surface area contributed by atoms with Crippen molar-refractivity contribution >= 4 is 11.9 Å². The van der Waals surface area contributed by atoms with Gasteiger partial charge in [-0.15, -0.1) is 0 Å². The van der Waals surface area contributed by atoms with E-state index in [0.717, 1.165) is 16.9 Å². The first kappa shape index (κ1) is 20.6. The Kier molecular flexibility index (Phi) is 7.02. The third-order valence-corrected chi connectivity index (χ3v) is 4.76. The summed E-state index contributed by atoms with van der Waals surface area (Å²) in [7, 11) is 3.35. The predicted octanol–water partition coefficient (Wildman–Crippen LogP) is 1.66. The molecule has 0 bridgehead atoms. The molecule has 0 aliphatic carbocycles. The van der Waals surface area contributed by atoms with Crippen LogP contribution < -0.4 is 10.1 Å². The Morgan fingerprint density at radius 2 is 2.14 bits per heavy atom. The predicted molar refractivity (Wildman–Crippen MR) is 107 cm³/mol. The number of ether oxygens (including phenoxy) is 2. The summed E-state index contributed by atoms with van der Waals surface area (Å²) in [6.07, 6.45) is 3.22. The third kappa shape index (κ3) is 5.68. The third-order valence-electron chi connectivity index (χ3n) is 4.76. The maximum atomic E-state index is 13.0. The fourth-order valence-corrected chi connectivity index (χ4v) is 3.15. The lowest BCUT2D eigenvalue weighted by Gasteiger charge is -2.31. The molecule has 0 unspecified atom stereocenters. The van der Waals surface area contributed by atoms with Gasteiger partial charge in [-0.25, -0.2) is 4.79 Å². The van der Waals surface area contributed by atoms with E-state index in [1.165, 1.54) is 0 Å². The summed E-state index contributed by atoms with van der Waals surface area (Å²) in [6.45, 7) is 1.61. The summed E-state index contributed by atoms with van der Waals surface area (Å²) in [4.78, 5) is 31.9. The minimum absolute atomic E-state index is 0.0393. The minimum atomic E-state index is -0.229. The van der Waals surface area contributed by atoms with Crippen LogP contribution in [0.5, 0.6) is 5.75 Å². The Hall–Kier alpha value is -3.13. The Balaban J connectivity index is 1.68. The monoisotopic (exact) mass is 398 g/mol. The fraction of sp³-hybridized carbons (Fsp3) is 0.381. The van der Waals surface area contributed by atoms with E-state index >= 15 is 0 Å². The molecule has 1 atom stereocenters. The van der Waals surface area contributed by atoms with Gasteiger partial charge >= 0.3 is 6.03 Å². The van der Waals surface area contributed by atoms with Crippen molar-refractivity contribution in [1.29, 1.82) is 0 Å². The second-order valence-corrected chi connectivity index (χ2v) is 6.92. The molecular weight excluding hydrogens is 372 g/mol. The number of para-hydroxylation sites is 1. The van der Waals surface area contributed by atoms with Gasteiger partial charge in [0.2, 0.25) is 5.91 Å². The number of benzene rings is 1. The SMILES string of the molecule is COc1ccccc1CN(Cc1cccnc1)C(=O)NC[C@H]1CN(C)C(=O)CO1. The topological polar surface area (TPSA) is 84.0 Å². The number of carbonyl (C=O) groups excluding carboxylic acids is 2. The number of amides is 3. The highest BCUT2D eigenvalue weighted by molar-refractivity contribution is 5.78. The lowest BCUT2D eigenvalue weighted by Crippen LogP contribution is -2.50. The second-order valence-electron chi connectivity index (χ2n) is 6.92. The van der Waals surface area contributed by atoms with Gasteiger partial charge in [0.05, 0.1) is 19.8 Å². The molecular formula is C21H26N4O4. The molecule has 154 valence electrons. The van der Waals surface area contributed by atoms with E-state index in [1.807, 2.05) is 36.4 Å². The molecule has 1 aromatic heterocycles. The number of morpholine rings is 1. The normalized spacial score (nSPS) is 16.4. The van der Waals surface area contributed by atoms with Crippen molar-refractivity contribution in [2.75, 3.05) is 33.9 Å². The number of methoxy groups -OCH3 is 1. The second kappa shape index (κ2) is 9.88. The van der Waals surface area contributed by atoms with Gasteiger partial charge in [0.25, 0.3) is 0 Å². The standard InChI is InChI=1S/C21H26N4O4/c1-24-14-18(29-15-20(24)26)11-23-21(27)25(12-16-6-5-9-22-10-16)13-17-7-3-4-8-19(17)28-2/h3-10,18H,11-15H2,1-2H3,(H,23,27)/t18-/m0/s1. The molecule has 1 fully saturated rings. The number of hydrogen-bond acceptors (Lipinski definition) is 5. The summed E-state index contributed by atoms with van der Waals surface area (Å²) in [5.74, 6) is 0.675. The Morgan fingerprint density at radius 1 is 1.31 bits per heavy atom. The van der Waals surface area contributed by atoms with Crippen molar-refractivity contribution in [3.05, 3.63) is 59.9 Å². The lowest BCUT2D eigenvalue weighted by atomic mass is 10.1. The minimum Gasteiger partial charge on any atom is -0.496 e. The summed E-state index contributed by atoms with van der Waals surface area (Å²) in [6, 6.07) is 11.2. The molecule has 2 aromatic rings. The van der Waals surface area contributed by atoms with E-state index in [9.17, 15) is 9.59 Å². The van der Waals surface area contributed by atoms with Crippen LogP contribution in [0.4, 0.5) is 4.79 Å². The van der Waals surface area contributed by atoms with Gasteiger partial charge in [-0.3, -0.25) is 9.78 Å². The van der Waals surface area contributed by atoms with Crippen LogP contribution >= 0.6 is 0 Å². The van der Waals surface area contributed by atoms with Crippen LogP contribution in [0.25, 0.3) is 0 Å². The van der Waals surface area contributed by atoms with Gasteiger partial charge in [-0.05, 0) is 17.7 Å². The lowest BCUT2D eigenvalue weighted by molar-refractivity contribution is -0.146. The Morgan fingerprint density at radius 3 is 2.86 bits per heavy atom. The molecule has 29 heavy (non-hydrogen) atoms. The first-order valence-electron chi connectivity index (χ1n) is 9.46. The fourth-order valence-electron chi connectivity index (χ4n) is 3.15. The number of hydrogen-bond donors (Lipinski definition) is 1. The van der Waals surface area contributed by atoms with Crippen molar-refractivity contribution in [2.24, 2.45) is 0 Å². The number of urea groups is 1. The molecule has 0 saturated carbocycles. The molecule has 0 radical (unpaired) electrons. The van der Waals surface area contributed by atoms with Crippen LogP contribution in [0.15, 0.2) is 48.8 Å². The molecule has 1 N–H and O–H groups in total. The molecule has 0 spiro atoms. The van der Waals surface area contributed by atoms with E-state index in [4.69, 9.17) is 9.47 Å². The highest BCUT2D eigenvalue weighted by Gasteiger charge is 2.25. The molecule has 3 amide bonds. The molecule has 1 aromatic carbocycles. The zero-order valence-electron chi connectivity index (χ0n) is 16.7. The van der Waals surface area contributed by atoms with Crippen molar-refractivity contribution in [3.8, 4) is 5.75 Å². The van der Waals surface area contributed by atoms with Crippen molar-refractivity contribution in [2.45, 2.75) is 19.2 Å². The maximum Gasteiger partial charge on any atom is 0.318 e. The molecule has 1 aliphatic rings. The summed E-state index contributed by atoms with van der Waals surface area (Å²) in [5.41, 5.74) is 1.84. The zero-order chi connectivity index (χ0) is 20.6. The first-order valence-corrected chi connectivity index (χ1v) is 9.46. The van der Waals surface area contributed by atoms with Gasteiger partial charge in [0.15, 0.2) is 0 Å². The molecule has 8 nitrogen and oxygen atoms in total. The number of pyridine rings is 1. The van der Waals surface area contributed by atoms with Crippen LogP contribution in [-0.2, 0) is 22.6 Å². The summed E-state index contributed by atoms with van der Waals surface area (Å²) >= 11 is 0. The van der Waals surface area contributed by atoms with E-state index in [1.54, 1.807) is 36.4 Å². The zero-order valence-corrected chi connectivity index (χ0v) is 16.7. The van der Waals surface area contributed by atoms with Crippen molar-refractivity contribution in [1.82, 2.24) is 20.1 Å². The average molecular weight is 398 g/mol. The van der Waals surface area contributed by atoms with Crippen molar-refractivity contribution in [3.63, 3.8) is 0 Å². The number of nitrogens with one attached hydrogen (secondary N) is 1. The van der Waals surface area contributed by atoms with E-state index in [0.29, 0.717) is 26.2 Å². The van der Waals surface area contributed by atoms with Gasteiger partial charge in [0.1, 0.15) is 12.4 Å². The quantitative estimate of drug-likeness (QED) is 0.767. The Bertz CT molecular complexity index is 830. The highest BCUT2D eigenvalue weighted by Crippen LogP contribution is 2.20. The number of nitrogens with zero attached hydrogens (tertiary/aromatic N) is 3. The average Bonchev–Trinajstić information content (AvgIpc) is 2.75. The molecule has 2 heterocycles. The number of rotatable bonds is 7.